The van der Waals surface area contributed by atoms with Crippen molar-refractivity contribution in [3.8, 4) is 0 Å². The molecule has 1 saturated carbocycles. The van der Waals surface area contributed by atoms with Gasteiger partial charge in [0.1, 0.15) is 0 Å². The van der Waals surface area contributed by atoms with Crippen LogP contribution in [0.1, 0.15) is 58.3 Å². The van der Waals surface area contributed by atoms with Crippen molar-refractivity contribution in [2.45, 2.75) is 70.5 Å². The summed E-state index contributed by atoms with van der Waals surface area (Å²) in [6.45, 7) is 13.5. The van der Waals surface area contributed by atoms with E-state index in [2.05, 4.69) is 33.6 Å². The molecule has 0 radical (unpaired) electrons. The van der Waals surface area contributed by atoms with Crippen LogP contribution in [0.5, 0.6) is 0 Å². The van der Waals surface area contributed by atoms with Gasteiger partial charge < -0.3 is 19.4 Å². The van der Waals surface area contributed by atoms with Crippen LogP contribution >= 0.6 is 0 Å². The summed E-state index contributed by atoms with van der Waals surface area (Å²) in [5.74, 6) is 1.48. The lowest BCUT2D eigenvalue weighted by atomic mass is 9.86. The molecule has 3 saturated heterocycles. The van der Waals surface area contributed by atoms with Crippen molar-refractivity contribution in [2.75, 3.05) is 72.5 Å². The number of rotatable bonds is 6. The fraction of sp³-hybridized carbons (Fsp3) is 0.960. The average Bonchev–Trinajstić information content (AvgIpc) is 2.81. The number of nitrogens with zero attached hydrogens (tertiary/aromatic N) is 4. The first-order valence-electron chi connectivity index (χ1n) is 13.2. The molecule has 31 heavy (non-hydrogen) atoms. The van der Waals surface area contributed by atoms with Crippen molar-refractivity contribution in [1.82, 2.24) is 19.6 Å². The second-order valence-corrected chi connectivity index (χ2v) is 10.6. The molecule has 1 amide bonds. The molecule has 0 aromatic carbocycles. The van der Waals surface area contributed by atoms with Gasteiger partial charge in [-0.15, -0.1) is 0 Å². The van der Waals surface area contributed by atoms with Gasteiger partial charge in [0.05, 0.1) is 12.2 Å². The van der Waals surface area contributed by atoms with Crippen LogP contribution < -0.4 is 0 Å². The van der Waals surface area contributed by atoms with Gasteiger partial charge >= 0.3 is 0 Å². The molecule has 0 aromatic heterocycles. The van der Waals surface area contributed by atoms with E-state index in [1.807, 2.05) is 0 Å². The van der Waals surface area contributed by atoms with Crippen LogP contribution in [-0.4, -0.2) is 110 Å². The van der Waals surface area contributed by atoms with Crippen LogP contribution in [0.3, 0.4) is 0 Å². The van der Waals surface area contributed by atoms with Gasteiger partial charge in [-0.1, -0.05) is 6.92 Å². The van der Waals surface area contributed by atoms with Crippen molar-refractivity contribution < 1.29 is 9.53 Å². The van der Waals surface area contributed by atoms with Crippen LogP contribution in [-0.2, 0) is 9.53 Å². The molecule has 6 nitrogen and oxygen atoms in total. The van der Waals surface area contributed by atoms with E-state index in [0.29, 0.717) is 18.1 Å². The number of hydrogen-bond acceptors (Lipinski definition) is 5. The number of likely N-dealkylation sites (tertiary alicyclic amines) is 2. The highest BCUT2D eigenvalue weighted by Gasteiger charge is 2.33. The summed E-state index contributed by atoms with van der Waals surface area (Å²) in [7, 11) is 2.20. The van der Waals surface area contributed by atoms with Crippen molar-refractivity contribution in [3.63, 3.8) is 0 Å². The van der Waals surface area contributed by atoms with Crippen LogP contribution in [0, 0.1) is 11.8 Å². The summed E-state index contributed by atoms with van der Waals surface area (Å²) in [4.78, 5) is 22.9. The SMILES string of the molecule is CCN1CCC[C@H](CN2CCN(C(=O)[C@H]3CC[C@H](OC4CCN(C)CC4)CC3)CC2)C1. The molecule has 4 fully saturated rings. The average molecular weight is 435 g/mol. The van der Waals surface area contributed by atoms with Gasteiger partial charge in [0, 0.05) is 58.3 Å². The molecule has 6 heteroatoms. The molecule has 0 spiro atoms. The number of piperazine rings is 1. The Balaban J connectivity index is 1.13. The van der Waals surface area contributed by atoms with Crippen LogP contribution in [0.2, 0.25) is 0 Å². The monoisotopic (exact) mass is 434 g/mol. The van der Waals surface area contributed by atoms with Gasteiger partial charge in [0.25, 0.3) is 0 Å². The first-order chi connectivity index (χ1) is 15.1. The van der Waals surface area contributed by atoms with E-state index >= 15 is 0 Å². The molecule has 1 aliphatic carbocycles. The Morgan fingerprint density at radius 2 is 1.48 bits per heavy atom. The molecule has 4 aliphatic rings. The topological polar surface area (TPSA) is 39.3 Å². The number of carbonyl (C=O) groups excluding carboxylic acids is 1. The fourth-order valence-corrected chi connectivity index (χ4v) is 6.20. The number of amides is 1. The minimum atomic E-state index is 0.236. The minimum Gasteiger partial charge on any atom is -0.375 e. The van der Waals surface area contributed by atoms with Crippen molar-refractivity contribution in [1.29, 1.82) is 0 Å². The van der Waals surface area contributed by atoms with Gasteiger partial charge in [0.15, 0.2) is 0 Å². The molecule has 0 N–H and O–H groups in total. The summed E-state index contributed by atoms with van der Waals surface area (Å²) < 4.78 is 6.39. The Hall–Kier alpha value is -0.690. The minimum absolute atomic E-state index is 0.236. The smallest absolute Gasteiger partial charge is 0.225 e. The summed E-state index contributed by atoms with van der Waals surface area (Å²) in [5.41, 5.74) is 0. The van der Waals surface area contributed by atoms with E-state index in [9.17, 15) is 4.79 Å². The largest absolute Gasteiger partial charge is 0.375 e. The second kappa shape index (κ2) is 11.4. The molecule has 3 aliphatic heterocycles. The third-order valence-corrected chi connectivity index (χ3v) is 8.32. The number of carbonyl (C=O) groups is 1. The maximum Gasteiger partial charge on any atom is 0.225 e. The van der Waals surface area contributed by atoms with Crippen molar-refractivity contribution >= 4 is 5.91 Å². The zero-order chi connectivity index (χ0) is 21.6. The number of piperidine rings is 2. The van der Waals surface area contributed by atoms with Crippen molar-refractivity contribution in [3.05, 3.63) is 0 Å². The standard InChI is InChI=1S/C25H46N4O2/c1-3-27-12-4-5-21(19-27)20-28-15-17-29(18-16-28)25(30)22-6-8-23(9-7-22)31-24-10-13-26(2)14-11-24/h21-24H,3-20H2,1-2H3/t21-,22-,23-/m0/s1. The molecule has 0 unspecified atom stereocenters. The van der Waals surface area contributed by atoms with E-state index in [-0.39, 0.29) is 5.92 Å². The Kier molecular flexibility index (Phi) is 8.66. The Morgan fingerprint density at radius 1 is 0.806 bits per heavy atom. The molecule has 3 heterocycles. The van der Waals surface area contributed by atoms with E-state index in [1.165, 1.54) is 39.0 Å². The van der Waals surface area contributed by atoms with Gasteiger partial charge in [-0.2, -0.15) is 0 Å². The molecule has 1 atom stereocenters. The van der Waals surface area contributed by atoms with Crippen molar-refractivity contribution in [2.24, 2.45) is 11.8 Å². The van der Waals surface area contributed by atoms with E-state index in [1.54, 1.807) is 0 Å². The van der Waals surface area contributed by atoms with Gasteiger partial charge in [0.2, 0.25) is 5.91 Å². The zero-order valence-electron chi connectivity index (χ0n) is 20.1. The number of hydrogen-bond donors (Lipinski definition) is 0. The molecule has 0 bridgehead atoms. The highest BCUT2D eigenvalue weighted by atomic mass is 16.5. The highest BCUT2D eigenvalue weighted by molar-refractivity contribution is 5.79. The molecule has 0 aromatic rings. The Morgan fingerprint density at radius 3 is 2.16 bits per heavy atom. The molecular formula is C25H46N4O2. The molecule has 4 rings (SSSR count). The van der Waals surface area contributed by atoms with Crippen LogP contribution in [0.25, 0.3) is 0 Å². The third kappa shape index (κ3) is 6.66. The fourth-order valence-electron chi connectivity index (χ4n) is 6.20. The third-order valence-electron chi connectivity index (χ3n) is 8.32. The maximum atomic E-state index is 13.1. The zero-order valence-corrected chi connectivity index (χ0v) is 20.1. The van der Waals surface area contributed by atoms with E-state index in [0.717, 1.165) is 83.7 Å². The molecule has 178 valence electrons. The maximum absolute atomic E-state index is 13.1. The summed E-state index contributed by atoms with van der Waals surface area (Å²) in [6, 6.07) is 0. The predicted octanol–water partition coefficient (Wildman–Crippen LogP) is 2.53. The number of ether oxygens (including phenoxy) is 1. The van der Waals surface area contributed by atoms with Crippen LogP contribution in [0.4, 0.5) is 0 Å². The quantitative estimate of drug-likeness (QED) is 0.642. The van der Waals surface area contributed by atoms with Gasteiger partial charge in [-0.05, 0) is 77.4 Å². The lowest BCUT2D eigenvalue weighted by Crippen LogP contribution is -2.52. The van der Waals surface area contributed by atoms with E-state index in [4.69, 9.17) is 4.74 Å². The molecular weight excluding hydrogens is 388 g/mol. The summed E-state index contributed by atoms with van der Waals surface area (Å²) in [6.07, 6.45) is 10.0. The summed E-state index contributed by atoms with van der Waals surface area (Å²) in [5, 5.41) is 0. The lowest BCUT2D eigenvalue weighted by molar-refractivity contribution is -0.140. The summed E-state index contributed by atoms with van der Waals surface area (Å²) >= 11 is 0. The Labute approximate surface area is 190 Å². The highest BCUT2D eigenvalue weighted by Crippen LogP contribution is 2.30. The second-order valence-electron chi connectivity index (χ2n) is 10.6. The first-order valence-corrected chi connectivity index (χ1v) is 13.2. The first kappa shape index (κ1) is 23.5. The normalized spacial score (nSPS) is 33.0. The van der Waals surface area contributed by atoms with Gasteiger partial charge in [-0.3, -0.25) is 9.69 Å². The van der Waals surface area contributed by atoms with Gasteiger partial charge in [-0.25, -0.2) is 0 Å². The van der Waals surface area contributed by atoms with E-state index < -0.39 is 0 Å². The van der Waals surface area contributed by atoms with Crippen LogP contribution in [0.15, 0.2) is 0 Å². The Bertz CT molecular complexity index is 550. The lowest BCUT2D eigenvalue weighted by Gasteiger charge is -2.40. The predicted molar refractivity (Wildman–Crippen MR) is 125 cm³/mol.